The highest BCUT2D eigenvalue weighted by atomic mass is 16.5. The van der Waals surface area contributed by atoms with Gasteiger partial charge in [-0.3, -0.25) is 4.79 Å². The van der Waals surface area contributed by atoms with Gasteiger partial charge in [0, 0.05) is 25.2 Å². The zero-order valence-electron chi connectivity index (χ0n) is 13.1. The van der Waals surface area contributed by atoms with Crippen LogP contribution in [0.2, 0.25) is 0 Å². The quantitative estimate of drug-likeness (QED) is 0.812. The Morgan fingerprint density at radius 1 is 1.05 bits per heavy atom. The van der Waals surface area contributed by atoms with Crippen molar-refractivity contribution in [1.82, 2.24) is 4.57 Å². The van der Waals surface area contributed by atoms with Crippen LogP contribution in [0.3, 0.4) is 0 Å². The fraction of sp³-hybridized carbons (Fsp3) is 0.389. The van der Waals surface area contributed by atoms with Crippen LogP contribution >= 0.6 is 0 Å². The molecule has 0 saturated heterocycles. The third-order valence-electron chi connectivity index (χ3n) is 4.18. The third-order valence-corrected chi connectivity index (χ3v) is 4.18. The van der Waals surface area contributed by atoms with Gasteiger partial charge in [-0.2, -0.15) is 0 Å². The number of aryl methyl sites for hydroxylation is 1. The van der Waals surface area contributed by atoms with E-state index in [2.05, 4.69) is 10.6 Å². The fourth-order valence-corrected chi connectivity index (χ4v) is 3.06. The van der Waals surface area contributed by atoms with Crippen molar-refractivity contribution in [3.8, 4) is 11.5 Å². The number of rotatable bonds is 4. The Kier molecular flexibility index (Phi) is 4.18. The maximum atomic E-state index is 12.4. The van der Waals surface area contributed by atoms with Gasteiger partial charge in [-0.15, -0.1) is 0 Å². The summed E-state index contributed by atoms with van der Waals surface area (Å²) in [7, 11) is 3.29. The molecule has 1 aromatic heterocycles. The molecule has 2 aromatic rings. The summed E-state index contributed by atoms with van der Waals surface area (Å²) >= 11 is 0. The van der Waals surface area contributed by atoms with Crippen molar-refractivity contribution >= 4 is 5.78 Å². The second-order valence-corrected chi connectivity index (χ2v) is 5.67. The zero-order valence-corrected chi connectivity index (χ0v) is 13.1. The van der Waals surface area contributed by atoms with Gasteiger partial charge in [0.25, 0.3) is 0 Å². The molecule has 0 fully saturated rings. The number of aromatic nitrogens is 1. The number of hydrogen-bond donors (Lipinski definition) is 0. The second kappa shape index (κ2) is 6.26. The summed E-state index contributed by atoms with van der Waals surface area (Å²) in [6.45, 7) is 0.647. The first-order valence-electron chi connectivity index (χ1n) is 7.64. The molecule has 3 rings (SSSR count). The number of Topliss-reactive ketones (excluding diaryl/α,β-unsaturated/α-hetero) is 1. The number of methoxy groups -OCH3 is 2. The summed E-state index contributed by atoms with van der Waals surface area (Å²) in [5.74, 6) is 1.78. The minimum absolute atomic E-state index is 0.257. The molecule has 1 aromatic carbocycles. The van der Waals surface area contributed by atoms with Gasteiger partial charge in [0.2, 0.25) is 0 Å². The van der Waals surface area contributed by atoms with Crippen LogP contribution in [-0.4, -0.2) is 24.6 Å². The van der Waals surface area contributed by atoms with Gasteiger partial charge in [-0.1, -0.05) is 0 Å². The van der Waals surface area contributed by atoms with Crippen LogP contribution in [0.15, 0.2) is 30.5 Å². The average Bonchev–Trinajstić information content (AvgIpc) is 2.83. The molecule has 0 bridgehead atoms. The van der Waals surface area contributed by atoms with Crippen LogP contribution in [-0.2, 0) is 13.0 Å². The highest BCUT2D eigenvalue weighted by molar-refractivity contribution is 5.96. The fourth-order valence-electron chi connectivity index (χ4n) is 3.06. The van der Waals surface area contributed by atoms with Gasteiger partial charge in [0.05, 0.1) is 19.9 Å². The standard InChI is InChI=1S/C18H21NO3/c1-21-15-9-13(10-16(11-15)22-2)12-19-8-7-14-5-3-4-6-17(20)18(14)19/h7-11H,3-6,12H2,1-2H3. The number of ketones is 1. The summed E-state index contributed by atoms with van der Waals surface area (Å²) in [6.07, 6.45) is 5.74. The molecule has 4 nitrogen and oxygen atoms in total. The molecule has 1 aliphatic rings. The molecule has 22 heavy (non-hydrogen) atoms. The van der Waals surface area contributed by atoms with Gasteiger partial charge in [0.1, 0.15) is 11.5 Å². The summed E-state index contributed by atoms with van der Waals surface area (Å²) in [5.41, 5.74) is 3.11. The number of nitrogens with zero attached hydrogens (tertiary/aromatic N) is 1. The maximum Gasteiger partial charge on any atom is 0.179 e. The highest BCUT2D eigenvalue weighted by Crippen LogP contribution is 2.26. The van der Waals surface area contributed by atoms with E-state index >= 15 is 0 Å². The van der Waals surface area contributed by atoms with Crippen LogP contribution in [0, 0.1) is 0 Å². The third kappa shape index (κ3) is 2.86. The summed E-state index contributed by atoms with van der Waals surface area (Å²) in [4.78, 5) is 12.4. The molecule has 1 aliphatic carbocycles. The number of carbonyl (C=O) groups excluding carboxylic acids is 1. The topological polar surface area (TPSA) is 40.5 Å². The molecule has 4 heteroatoms. The van der Waals surface area contributed by atoms with Crippen LogP contribution in [0.4, 0.5) is 0 Å². The van der Waals surface area contributed by atoms with E-state index < -0.39 is 0 Å². The Hall–Kier alpha value is -2.23. The number of ether oxygens (including phenoxy) is 2. The molecule has 1 heterocycles. The molecule has 0 N–H and O–H groups in total. The van der Waals surface area contributed by atoms with E-state index in [0.717, 1.165) is 42.0 Å². The first-order valence-corrected chi connectivity index (χ1v) is 7.64. The normalized spacial score (nSPS) is 14.4. The maximum absolute atomic E-state index is 12.4. The van der Waals surface area contributed by atoms with Crippen molar-refractivity contribution in [2.45, 2.75) is 32.2 Å². The molecule has 0 aliphatic heterocycles. The van der Waals surface area contributed by atoms with E-state index in [1.807, 2.05) is 24.4 Å². The molecule has 0 radical (unpaired) electrons. The van der Waals surface area contributed by atoms with Crippen LogP contribution in [0.5, 0.6) is 11.5 Å². The van der Waals surface area contributed by atoms with Crippen molar-refractivity contribution in [3.05, 3.63) is 47.3 Å². The van der Waals surface area contributed by atoms with Crippen LogP contribution in [0.1, 0.15) is 40.9 Å². The summed E-state index contributed by atoms with van der Waals surface area (Å²) < 4.78 is 12.7. The van der Waals surface area contributed by atoms with Gasteiger partial charge >= 0.3 is 0 Å². The second-order valence-electron chi connectivity index (χ2n) is 5.67. The Labute approximate surface area is 130 Å². The molecular weight excluding hydrogens is 278 g/mol. The lowest BCUT2D eigenvalue weighted by molar-refractivity contribution is 0.0973. The molecular formula is C18H21NO3. The first-order chi connectivity index (χ1) is 10.7. The lowest BCUT2D eigenvalue weighted by Gasteiger charge is -2.12. The van der Waals surface area contributed by atoms with Gasteiger partial charge in [0.15, 0.2) is 5.78 Å². The molecule has 0 atom stereocenters. The Bertz CT molecular complexity index is 665. The summed E-state index contributed by atoms with van der Waals surface area (Å²) in [6, 6.07) is 7.90. The van der Waals surface area contributed by atoms with E-state index in [1.165, 1.54) is 5.56 Å². The van der Waals surface area contributed by atoms with Crippen LogP contribution < -0.4 is 9.47 Å². The van der Waals surface area contributed by atoms with Crippen molar-refractivity contribution in [2.75, 3.05) is 14.2 Å². The lowest BCUT2D eigenvalue weighted by Crippen LogP contribution is -2.10. The highest BCUT2D eigenvalue weighted by Gasteiger charge is 2.20. The number of carbonyl (C=O) groups is 1. The molecule has 116 valence electrons. The smallest absolute Gasteiger partial charge is 0.179 e. The zero-order chi connectivity index (χ0) is 15.5. The van der Waals surface area contributed by atoms with Gasteiger partial charge < -0.3 is 14.0 Å². The summed E-state index contributed by atoms with van der Waals surface area (Å²) in [5, 5.41) is 0. The van der Waals surface area contributed by atoms with Gasteiger partial charge in [-0.25, -0.2) is 0 Å². The number of benzene rings is 1. The van der Waals surface area contributed by atoms with Crippen molar-refractivity contribution < 1.29 is 14.3 Å². The minimum Gasteiger partial charge on any atom is -0.497 e. The number of fused-ring (bicyclic) bond motifs is 1. The van der Waals surface area contributed by atoms with E-state index in [4.69, 9.17) is 9.47 Å². The largest absolute Gasteiger partial charge is 0.497 e. The van der Waals surface area contributed by atoms with Gasteiger partial charge in [-0.05, 0) is 48.6 Å². The monoisotopic (exact) mass is 299 g/mol. The predicted octanol–water partition coefficient (Wildman–Crippen LogP) is 3.46. The average molecular weight is 299 g/mol. The molecule has 0 spiro atoms. The molecule has 0 saturated carbocycles. The Morgan fingerprint density at radius 2 is 1.73 bits per heavy atom. The molecule has 0 unspecified atom stereocenters. The van der Waals surface area contributed by atoms with Crippen molar-refractivity contribution in [3.63, 3.8) is 0 Å². The Morgan fingerprint density at radius 3 is 2.41 bits per heavy atom. The Balaban J connectivity index is 1.94. The van der Waals surface area contributed by atoms with Crippen molar-refractivity contribution in [2.24, 2.45) is 0 Å². The van der Waals surface area contributed by atoms with Crippen molar-refractivity contribution in [1.29, 1.82) is 0 Å². The van der Waals surface area contributed by atoms with E-state index in [9.17, 15) is 4.79 Å². The first kappa shape index (κ1) is 14.7. The number of hydrogen-bond acceptors (Lipinski definition) is 3. The van der Waals surface area contributed by atoms with E-state index in [-0.39, 0.29) is 5.78 Å². The van der Waals surface area contributed by atoms with E-state index in [0.29, 0.717) is 13.0 Å². The minimum atomic E-state index is 0.257. The SMILES string of the molecule is COc1cc(Cn2ccc3c2C(=O)CCCC3)cc(OC)c1. The predicted molar refractivity (Wildman–Crippen MR) is 85.0 cm³/mol. The lowest BCUT2D eigenvalue weighted by atomic mass is 10.1. The van der Waals surface area contributed by atoms with E-state index in [1.54, 1.807) is 14.2 Å². The van der Waals surface area contributed by atoms with Crippen LogP contribution in [0.25, 0.3) is 0 Å². The molecule has 0 amide bonds.